The third-order valence-corrected chi connectivity index (χ3v) is 7.13. The van der Waals surface area contributed by atoms with Gasteiger partial charge in [-0.2, -0.15) is 5.10 Å². The van der Waals surface area contributed by atoms with Crippen molar-refractivity contribution in [3.63, 3.8) is 0 Å². The number of sulfonamides is 1. The number of piperidine rings is 1. The minimum absolute atomic E-state index is 0.199. The molecule has 0 spiro atoms. The second-order valence-electron chi connectivity index (χ2n) is 6.95. The number of rotatable bonds is 6. The summed E-state index contributed by atoms with van der Waals surface area (Å²) in [5.41, 5.74) is 0.647. The highest BCUT2D eigenvalue weighted by Gasteiger charge is 2.25. The van der Waals surface area contributed by atoms with Crippen molar-refractivity contribution >= 4 is 21.5 Å². The molecule has 1 saturated heterocycles. The Morgan fingerprint density at radius 2 is 1.86 bits per heavy atom. The quantitative estimate of drug-likeness (QED) is 0.619. The van der Waals surface area contributed by atoms with Crippen molar-refractivity contribution in [2.24, 2.45) is 0 Å². The Kier molecular flexibility index (Phi) is 5.48. The molecule has 1 fully saturated rings. The van der Waals surface area contributed by atoms with Gasteiger partial charge in [0.15, 0.2) is 0 Å². The van der Waals surface area contributed by atoms with E-state index in [2.05, 4.69) is 20.0 Å². The summed E-state index contributed by atoms with van der Waals surface area (Å²) in [6.07, 6.45) is 6.66. The van der Waals surface area contributed by atoms with Crippen LogP contribution in [0.25, 0.3) is 0 Å². The van der Waals surface area contributed by atoms with Gasteiger partial charge in [0.05, 0.1) is 11.7 Å². The number of anilines is 2. The zero-order chi connectivity index (χ0) is 20.3. The van der Waals surface area contributed by atoms with E-state index in [0.717, 1.165) is 31.7 Å². The highest BCUT2D eigenvalue weighted by molar-refractivity contribution is 7.92. The Bertz CT molecular complexity index is 1010. The zero-order valence-electron chi connectivity index (χ0n) is 16.3. The van der Waals surface area contributed by atoms with Crippen molar-refractivity contribution in [2.75, 3.05) is 28.8 Å². The molecule has 8 nitrogen and oxygen atoms in total. The molecule has 152 valence electrons. The average Bonchev–Trinajstić information content (AvgIpc) is 3.30. The van der Waals surface area contributed by atoms with Crippen LogP contribution in [0.1, 0.15) is 25.8 Å². The van der Waals surface area contributed by atoms with E-state index in [1.807, 2.05) is 29.8 Å². The van der Waals surface area contributed by atoms with E-state index >= 15 is 0 Å². The van der Waals surface area contributed by atoms with E-state index in [4.69, 9.17) is 0 Å². The maximum absolute atomic E-state index is 13.1. The summed E-state index contributed by atoms with van der Waals surface area (Å²) in [6, 6.07) is 12.9. The number of hydrogen-bond acceptors (Lipinski definition) is 6. The monoisotopic (exact) mass is 412 g/mol. The maximum Gasteiger partial charge on any atom is 0.265 e. The van der Waals surface area contributed by atoms with E-state index in [-0.39, 0.29) is 4.90 Å². The average molecular weight is 413 g/mol. The molecule has 1 aliphatic rings. The van der Waals surface area contributed by atoms with Gasteiger partial charge in [0.2, 0.25) is 0 Å². The molecule has 0 saturated carbocycles. The molecule has 0 bridgehead atoms. The first kappa shape index (κ1) is 19.4. The summed E-state index contributed by atoms with van der Waals surface area (Å²) in [5, 5.41) is 4.23. The molecule has 0 atom stereocenters. The molecule has 0 amide bonds. The normalized spacial score (nSPS) is 15.4. The molecule has 9 heteroatoms. The summed E-state index contributed by atoms with van der Waals surface area (Å²) >= 11 is 0. The lowest BCUT2D eigenvalue weighted by Crippen LogP contribution is -2.35. The van der Waals surface area contributed by atoms with Gasteiger partial charge < -0.3 is 4.90 Å². The molecule has 1 aliphatic heterocycles. The number of para-hydroxylation sites is 1. The van der Waals surface area contributed by atoms with Crippen LogP contribution in [0.3, 0.4) is 0 Å². The largest absolute Gasteiger partial charge is 0.356 e. The lowest BCUT2D eigenvalue weighted by Gasteiger charge is -2.32. The van der Waals surface area contributed by atoms with Crippen molar-refractivity contribution in [3.05, 3.63) is 61.3 Å². The van der Waals surface area contributed by atoms with Gasteiger partial charge in [0.1, 0.15) is 23.4 Å². The molecule has 29 heavy (non-hydrogen) atoms. The number of hydrogen-bond donors (Lipinski definition) is 0. The lowest BCUT2D eigenvalue weighted by atomic mass is 10.1. The molecule has 0 unspecified atom stereocenters. The van der Waals surface area contributed by atoms with Crippen LogP contribution in [-0.2, 0) is 10.0 Å². The molecule has 1 aromatic carbocycles. The van der Waals surface area contributed by atoms with Gasteiger partial charge in [-0.1, -0.05) is 18.2 Å². The van der Waals surface area contributed by atoms with Gasteiger partial charge in [-0.25, -0.2) is 23.1 Å². The highest BCUT2D eigenvalue weighted by atomic mass is 32.2. The second-order valence-corrected chi connectivity index (χ2v) is 8.81. The number of pyridine rings is 1. The smallest absolute Gasteiger partial charge is 0.265 e. The van der Waals surface area contributed by atoms with Crippen LogP contribution in [0, 0.1) is 0 Å². The van der Waals surface area contributed by atoms with Crippen LogP contribution in [0.15, 0.2) is 66.2 Å². The van der Waals surface area contributed by atoms with Gasteiger partial charge in [0, 0.05) is 25.8 Å². The minimum atomic E-state index is -3.66. The van der Waals surface area contributed by atoms with E-state index in [9.17, 15) is 8.42 Å². The standard InChI is InChI=1S/C20H24N6O2S/c1-2-26(18-6-4-3-5-7-18)29(27,28)19-8-9-20(22-14-19)24-12-10-17(11-13-24)25-16-21-15-23-25/h3-9,14-17H,2,10-13H2,1H3. The molecule has 3 heterocycles. The fourth-order valence-corrected chi connectivity index (χ4v) is 5.11. The van der Waals surface area contributed by atoms with E-state index in [1.54, 1.807) is 36.9 Å². The van der Waals surface area contributed by atoms with Gasteiger partial charge in [0.25, 0.3) is 10.0 Å². The number of aromatic nitrogens is 4. The first-order valence-electron chi connectivity index (χ1n) is 9.72. The minimum Gasteiger partial charge on any atom is -0.356 e. The fourth-order valence-electron chi connectivity index (χ4n) is 3.69. The van der Waals surface area contributed by atoms with Crippen LogP contribution in [0.5, 0.6) is 0 Å². The topological polar surface area (TPSA) is 84.2 Å². The Morgan fingerprint density at radius 1 is 1.10 bits per heavy atom. The predicted octanol–water partition coefficient (Wildman–Crippen LogP) is 2.73. The third kappa shape index (κ3) is 3.95. The van der Waals surface area contributed by atoms with Crippen molar-refractivity contribution in [3.8, 4) is 0 Å². The fraction of sp³-hybridized carbons (Fsp3) is 0.350. The predicted molar refractivity (Wildman–Crippen MR) is 111 cm³/mol. The van der Waals surface area contributed by atoms with Crippen LogP contribution in [0.4, 0.5) is 11.5 Å². The first-order chi connectivity index (χ1) is 14.1. The number of nitrogens with zero attached hydrogens (tertiary/aromatic N) is 6. The van der Waals surface area contributed by atoms with Crippen LogP contribution >= 0.6 is 0 Å². The molecule has 0 aliphatic carbocycles. The van der Waals surface area contributed by atoms with Crippen LogP contribution in [0.2, 0.25) is 0 Å². The maximum atomic E-state index is 13.1. The van der Waals surface area contributed by atoms with E-state index in [0.29, 0.717) is 18.3 Å². The third-order valence-electron chi connectivity index (χ3n) is 5.24. The summed E-state index contributed by atoms with van der Waals surface area (Å²) in [5.74, 6) is 0.795. The Balaban J connectivity index is 1.47. The van der Waals surface area contributed by atoms with Gasteiger partial charge in [-0.3, -0.25) is 4.31 Å². The van der Waals surface area contributed by atoms with Crippen LogP contribution in [-0.4, -0.2) is 47.8 Å². The number of benzene rings is 1. The Labute approximate surface area is 170 Å². The Hall–Kier alpha value is -2.94. The Morgan fingerprint density at radius 3 is 2.45 bits per heavy atom. The highest BCUT2D eigenvalue weighted by Crippen LogP contribution is 2.27. The molecule has 3 aromatic rings. The van der Waals surface area contributed by atoms with Crippen LogP contribution < -0.4 is 9.21 Å². The van der Waals surface area contributed by atoms with Crippen molar-refractivity contribution < 1.29 is 8.42 Å². The SMILES string of the molecule is CCN(c1ccccc1)S(=O)(=O)c1ccc(N2CCC(n3cncn3)CC2)nc1. The second kappa shape index (κ2) is 8.20. The van der Waals surface area contributed by atoms with Crippen molar-refractivity contribution in [1.82, 2.24) is 19.7 Å². The molecule has 2 aromatic heterocycles. The van der Waals surface area contributed by atoms with Crippen molar-refractivity contribution in [1.29, 1.82) is 0 Å². The van der Waals surface area contributed by atoms with Gasteiger partial charge >= 0.3 is 0 Å². The summed E-state index contributed by atoms with van der Waals surface area (Å²) in [7, 11) is -3.66. The van der Waals surface area contributed by atoms with Gasteiger partial charge in [-0.05, 0) is 44.0 Å². The molecular formula is C20H24N6O2S. The van der Waals surface area contributed by atoms with E-state index < -0.39 is 10.0 Å². The molecule has 0 N–H and O–H groups in total. The summed E-state index contributed by atoms with van der Waals surface area (Å²) in [4.78, 5) is 10.8. The molecule has 4 rings (SSSR count). The van der Waals surface area contributed by atoms with Crippen molar-refractivity contribution in [2.45, 2.75) is 30.7 Å². The van der Waals surface area contributed by atoms with E-state index in [1.165, 1.54) is 10.5 Å². The first-order valence-corrected chi connectivity index (χ1v) is 11.2. The molecular weight excluding hydrogens is 388 g/mol. The van der Waals surface area contributed by atoms with Gasteiger partial charge in [-0.15, -0.1) is 0 Å². The lowest BCUT2D eigenvalue weighted by molar-refractivity contribution is 0.365. The molecule has 0 radical (unpaired) electrons. The summed E-state index contributed by atoms with van der Waals surface area (Å²) < 4.78 is 29.5. The zero-order valence-corrected chi connectivity index (χ0v) is 17.1. The summed E-state index contributed by atoms with van der Waals surface area (Å²) in [6.45, 7) is 3.86.